The second kappa shape index (κ2) is 9.53. The van der Waals surface area contributed by atoms with Gasteiger partial charge in [-0.15, -0.1) is 0 Å². The minimum atomic E-state index is -0.836. The van der Waals surface area contributed by atoms with Crippen LogP contribution in [0.3, 0.4) is 0 Å². The van der Waals surface area contributed by atoms with Crippen LogP contribution in [0.5, 0.6) is 5.75 Å². The Labute approximate surface area is 136 Å². The summed E-state index contributed by atoms with van der Waals surface area (Å²) in [6.07, 6.45) is -0.836. The number of hydrogen-bond donors (Lipinski definition) is 6. The molecule has 0 saturated heterocycles. The van der Waals surface area contributed by atoms with Crippen LogP contribution >= 0.6 is 0 Å². The summed E-state index contributed by atoms with van der Waals surface area (Å²) in [5.74, 6) is 0.433. The van der Waals surface area contributed by atoms with Crippen LogP contribution in [-0.2, 0) is 0 Å². The van der Waals surface area contributed by atoms with E-state index in [0.29, 0.717) is 36.8 Å². The average Bonchev–Trinajstić information content (AvgIpc) is 2.47. The Balaban J connectivity index is 2.65. The van der Waals surface area contributed by atoms with E-state index in [9.17, 15) is 20.4 Å². The van der Waals surface area contributed by atoms with Gasteiger partial charge in [-0.25, -0.2) is 0 Å². The summed E-state index contributed by atoms with van der Waals surface area (Å²) < 4.78 is 5.72. The van der Waals surface area contributed by atoms with Crippen LogP contribution in [0.2, 0.25) is 0 Å². The van der Waals surface area contributed by atoms with Crippen LogP contribution in [0.15, 0.2) is 18.2 Å². The normalized spacial score (nSPS) is 13.0. The van der Waals surface area contributed by atoms with Crippen molar-refractivity contribution in [2.75, 3.05) is 64.1 Å². The van der Waals surface area contributed by atoms with Crippen molar-refractivity contribution in [3.63, 3.8) is 0 Å². The van der Waals surface area contributed by atoms with Gasteiger partial charge in [0.15, 0.2) is 0 Å². The molecule has 0 fully saturated rings. The van der Waals surface area contributed by atoms with E-state index in [1.54, 1.807) is 18.2 Å². The van der Waals surface area contributed by atoms with E-state index >= 15 is 0 Å². The largest absolute Gasteiger partial charge is 0.488 e. The Bertz CT molecular complexity index is 455. The summed E-state index contributed by atoms with van der Waals surface area (Å²) >= 11 is 0. The lowest BCUT2D eigenvalue weighted by molar-refractivity contribution is -0.931. The van der Waals surface area contributed by atoms with Crippen molar-refractivity contribution in [2.24, 2.45) is 0 Å². The van der Waals surface area contributed by atoms with E-state index in [1.165, 1.54) is 0 Å². The lowest BCUT2D eigenvalue weighted by Gasteiger charge is -2.38. The Morgan fingerprint density at radius 2 is 1.57 bits per heavy atom. The first-order chi connectivity index (χ1) is 11.0. The SMILES string of the molecule is Nc1ccc(OCC(O)C[N+](CCO)(CCO)CCO)c(N)c1. The average molecular weight is 330 g/mol. The van der Waals surface area contributed by atoms with Gasteiger partial charge in [-0.1, -0.05) is 0 Å². The summed E-state index contributed by atoms with van der Waals surface area (Å²) in [6, 6.07) is 4.86. The molecule has 0 aliphatic heterocycles. The van der Waals surface area contributed by atoms with Gasteiger partial charge in [0.1, 0.15) is 44.6 Å². The Morgan fingerprint density at radius 1 is 1.00 bits per heavy atom. The number of hydrogen-bond acceptors (Lipinski definition) is 7. The second-order valence-electron chi connectivity index (χ2n) is 5.63. The van der Waals surface area contributed by atoms with Gasteiger partial charge >= 0.3 is 0 Å². The van der Waals surface area contributed by atoms with Gasteiger partial charge in [0.2, 0.25) is 0 Å². The number of nitrogens with zero attached hydrogens (tertiary/aromatic N) is 1. The van der Waals surface area contributed by atoms with Crippen LogP contribution in [0.25, 0.3) is 0 Å². The number of aliphatic hydroxyl groups excluding tert-OH is 4. The maximum atomic E-state index is 10.2. The number of nitrogen functional groups attached to an aromatic ring is 2. The summed E-state index contributed by atoms with van der Waals surface area (Å²) in [4.78, 5) is 0. The zero-order chi connectivity index (χ0) is 17.3. The number of aliphatic hydroxyl groups is 4. The molecule has 0 aromatic heterocycles. The topological polar surface area (TPSA) is 142 Å². The van der Waals surface area contributed by atoms with E-state index in [4.69, 9.17) is 16.2 Å². The zero-order valence-corrected chi connectivity index (χ0v) is 13.3. The minimum absolute atomic E-state index is 0.0103. The molecule has 0 amide bonds. The molecule has 0 heterocycles. The molecule has 0 radical (unpaired) electrons. The van der Waals surface area contributed by atoms with Gasteiger partial charge in [0.25, 0.3) is 0 Å². The fourth-order valence-corrected chi connectivity index (χ4v) is 2.63. The first-order valence-corrected chi connectivity index (χ1v) is 7.60. The molecule has 132 valence electrons. The molecule has 0 spiro atoms. The molecule has 0 aliphatic rings. The van der Waals surface area contributed by atoms with Crippen LogP contribution in [0.4, 0.5) is 11.4 Å². The number of nitrogens with two attached hydrogens (primary N) is 2. The Hall–Kier alpha value is -1.58. The maximum absolute atomic E-state index is 10.2. The van der Waals surface area contributed by atoms with Crippen molar-refractivity contribution in [1.82, 2.24) is 0 Å². The molecule has 1 atom stereocenters. The molecular formula is C15H28N3O5+. The monoisotopic (exact) mass is 330 g/mol. The zero-order valence-electron chi connectivity index (χ0n) is 13.3. The van der Waals surface area contributed by atoms with E-state index in [2.05, 4.69) is 0 Å². The second-order valence-corrected chi connectivity index (χ2v) is 5.63. The summed E-state index contributed by atoms with van der Waals surface area (Å²) in [5.41, 5.74) is 12.3. The van der Waals surface area contributed by atoms with Gasteiger partial charge in [0, 0.05) is 5.69 Å². The molecule has 8 heteroatoms. The number of benzene rings is 1. The fraction of sp³-hybridized carbons (Fsp3) is 0.600. The molecular weight excluding hydrogens is 302 g/mol. The summed E-state index contributed by atoms with van der Waals surface area (Å²) in [6.45, 7) is 0.967. The summed E-state index contributed by atoms with van der Waals surface area (Å²) in [7, 11) is 0. The molecule has 0 bridgehead atoms. The van der Waals surface area contributed by atoms with Crippen LogP contribution in [0.1, 0.15) is 0 Å². The number of quaternary nitrogens is 1. The minimum Gasteiger partial charge on any atom is -0.488 e. The molecule has 23 heavy (non-hydrogen) atoms. The van der Waals surface area contributed by atoms with E-state index in [0.717, 1.165) is 0 Å². The van der Waals surface area contributed by atoms with Crippen LogP contribution < -0.4 is 16.2 Å². The molecule has 8 nitrogen and oxygen atoms in total. The maximum Gasteiger partial charge on any atom is 0.142 e. The van der Waals surface area contributed by atoms with Crippen molar-refractivity contribution in [2.45, 2.75) is 6.10 Å². The number of rotatable bonds is 11. The smallest absolute Gasteiger partial charge is 0.142 e. The fourth-order valence-electron chi connectivity index (χ4n) is 2.63. The predicted molar refractivity (Wildman–Crippen MR) is 87.8 cm³/mol. The third-order valence-electron chi connectivity index (χ3n) is 3.79. The highest BCUT2D eigenvalue weighted by atomic mass is 16.5. The molecule has 1 aromatic carbocycles. The molecule has 1 aromatic rings. The third kappa shape index (κ3) is 6.20. The van der Waals surface area contributed by atoms with Gasteiger partial charge in [-0.2, -0.15) is 0 Å². The van der Waals surface area contributed by atoms with Crippen molar-refractivity contribution in [3.05, 3.63) is 18.2 Å². The molecule has 0 saturated carbocycles. The van der Waals surface area contributed by atoms with Gasteiger partial charge < -0.3 is 41.1 Å². The van der Waals surface area contributed by atoms with Gasteiger partial charge in [-0.3, -0.25) is 0 Å². The van der Waals surface area contributed by atoms with Crippen LogP contribution in [0, 0.1) is 0 Å². The van der Waals surface area contributed by atoms with Gasteiger partial charge in [0.05, 0.1) is 25.5 Å². The highest BCUT2D eigenvalue weighted by molar-refractivity contribution is 5.60. The first-order valence-electron chi connectivity index (χ1n) is 7.60. The Kier molecular flexibility index (Phi) is 8.07. The standard InChI is InChI=1S/C15H28N3O5/c16-12-1-2-15(14(17)9-12)23-11-13(22)10-18(3-6-19,4-7-20)5-8-21/h1-2,9,13,19-22H,3-8,10-11,16-17H2/q+1. The van der Waals surface area contributed by atoms with Crippen molar-refractivity contribution in [1.29, 1.82) is 0 Å². The van der Waals surface area contributed by atoms with Crippen molar-refractivity contribution >= 4 is 11.4 Å². The van der Waals surface area contributed by atoms with Crippen LogP contribution in [-0.4, -0.2) is 83.6 Å². The predicted octanol–water partition coefficient (Wildman–Crippen LogP) is -1.62. The molecule has 1 unspecified atom stereocenters. The highest BCUT2D eigenvalue weighted by Gasteiger charge is 2.29. The third-order valence-corrected chi connectivity index (χ3v) is 3.79. The number of anilines is 2. The lowest BCUT2D eigenvalue weighted by atomic mass is 10.2. The molecule has 8 N–H and O–H groups in total. The highest BCUT2D eigenvalue weighted by Crippen LogP contribution is 2.23. The van der Waals surface area contributed by atoms with Crippen molar-refractivity contribution < 1.29 is 29.6 Å². The quantitative estimate of drug-likeness (QED) is 0.211. The number of ether oxygens (including phenoxy) is 1. The molecule has 1 rings (SSSR count). The van der Waals surface area contributed by atoms with Gasteiger partial charge in [-0.05, 0) is 18.2 Å². The molecule has 0 aliphatic carbocycles. The van der Waals surface area contributed by atoms with E-state index in [-0.39, 0.29) is 37.5 Å². The lowest BCUT2D eigenvalue weighted by Crippen LogP contribution is -2.57. The first kappa shape index (κ1) is 19.5. The van der Waals surface area contributed by atoms with E-state index < -0.39 is 6.10 Å². The van der Waals surface area contributed by atoms with Crippen molar-refractivity contribution in [3.8, 4) is 5.75 Å². The Morgan fingerprint density at radius 3 is 2.04 bits per heavy atom. The summed E-state index contributed by atoms with van der Waals surface area (Å²) in [5, 5.41) is 37.9. The van der Waals surface area contributed by atoms with E-state index in [1.807, 2.05) is 0 Å².